The van der Waals surface area contributed by atoms with Gasteiger partial charge in [-0.15, -0.1) is 0 Å². The van der Waals surface area contributed by atoms with Gasteiger partial charge in [0.1, 0.15) is 11.5 Å². The Bertz CT molecular complexity index is 1140. The molecule has 0 aromatic heterocycles. The maximum absolute atomic E-state index is 12.8. The van der Waals surface area contributed by atoms with Gasteiger partial charge in [-0.1, -0.05) is 50.2 Å². The first kappa shape index (κ1) is 18.7. The Morgan fingerprint density at radius 2 is 1.60 bits per heavy atom. The molecule has 5 rings (SSSR count). The number of anilines is 1. The highest BCUT2D eigenvalue weighted by Crippen LogP contribution is 2.56. The molecule has 0 aliphatic carbocycles. The van der Waals surface area contributed by atoms with Crippen LogP contribution in [0.2, 0.25) is 0 Å². The van der Waals surface area contributed by atoms with Gasteiger partial charge in [-0.2, -0.15) is 0 Å². The highest BCUT2D eigenvalue weighted by Gasteiger charge is 2.53. The molecule has 2 heterocycles. The Morgan fingerprint density at radius 1 is 0.900 bits per heavy atom. The molecule has 4 heteroatoms. The van der Waals surface area contributed by atoms with E-state index >= 15 is 0 Å². The van der Waals surface area contributed by atoms with Crippen molar-refractivity contribution in [3.05, 3.63) is 89.0 Å². The van der Waals surface area contributed by atoms with E-state index in [2.05, 4.69) is 43.9 Å². The van der Waals surface area contributed by atoms with Crippen molar-refractivity contribution in [3.63, 3.8) is 0 Å². The van der Waals surface area contributed by atoms with Crippen molar-refractivity contribution >= 4 is 11.7 Å². The third-order valence-corrected chi connectivity index (χ3v) is 5.94. The second kappa shape index (κ2) is 6.91. The molecular weight excluding hydrogens is 374 g/mol. The summed E-state index contributed by atoms with van der Waals surface area (Å²) in [6.45, 7) is 8.48. The average molecular weight is 399 g/mol. The van der Waals surface area contributed by atoms with Gasteiger partial charge < -0.3 is 14.4 Å². The fourth-order valence-corrected chi connectivity index (χ4v) is 4.67. The maximum atomic E-state index is 12.8. The van der Waals surface area contributed by atoms with Crippen molar-refractivity contribution < 1.29 is 14.3 Å². The number of esters is 1. The highest BCUT2D eigenvalue weighted by atomic mass is 16.6. The van der Waals surface area contributed by atoms with Crippen LogP contribution in [-0.2, 0) is 10.3 Å². The first-order valence-corrected chi connectivity index (χ1v) is 10.5. The van der Waals surface area contributed by atoms with E-state index in [1.54, 1.807) is 0 Å². The lowest BCUT2D eigenvalue weighted by Crippen LogP contribution is -2.33. The monoisotopic (exact) mass is 399 g/mol. The van der Waals surface area contributed by atoms with Gasteiger partial charge in [0, 0.05) is 41.5 Å². The Hall–Kier alpha value is -3.27. The van der Waals surface area contributed by atoms with Gasteiger partial charge in [0.15, 0.2) is 5.60 Å². The maximum Gasteiger partial charge on any atom is 0.340 e. The van der Waals surface area contributed by atoms with Crippen LogP contribution in [0, 0.1) is 5.92 Å². The number of hydrogen-bond acceptors (Lipinski definition) is 4. The SMILES string of the molecule is CCN(CC(C)C)c1ccc2c(c1)Oc1ccccc1C21OC(=O)c2ccccc21. The van der Waals surface area contributed by atoms with E-state index in [9.17, 15) is 4.79 Å². The Morgan fingerprint density at radius 3 is 2.37 bits per heavy atom. The van der Waals surface area contributed by atoms with Crippen LogP contribution in [0.1, 0.15) is 47.8 Å². The minimum absolute atomic E-state index is 0.299. The molecule has 0 fully saturated rings. The van der Waals surface area contributed by atoms with Gasteiger partial charge in [-0.3, -0.25) is 0 Å². The molecule has 152 valence electrons. The molecule has 2 aliphatic heterocycles. The minimum atomic E-state index is -0.981. The molecule has 30 heavy (non-hydrogen) atoms. The minimum Gasteiger partial charge on any atom is -0.456 e. The van der Waals surface area contributed by atoms with Crippen molar-refractivity contribution in [3.8, 4) is 11.5 Å². The van der Waals surface area contributed by atoms with E-state index < -0.39 is 5.60 Å². The largest absolute Gasteiger partial charge is 0.456 e. The van der Waals surface area contributed by atoms with E-state index in [-0.39, 0.29) is 5.97 Å². The summed E-state index contributed by atoms with van der Waals surface area (Å²) in [6, 6.07) is 21.7. The van der Waals surface area contributed by atoms with Crippen LogP contribution in [0.4, 0.5) is 5.69 Å². The van der Waals surface area contributed by atoms with E-state index in [4.69, 9.17) is 9.47 Å². The number of ether oxygens (including phenoxy) is 2. The lowest BCUT2D eigenvalue weighted by Gasteiger charge is -2.37. The summed E-state index contributed by atoms with van der Waals surface area (Å²) in [4.78, 5) is 15.2. The lowest BCUT2D eigenvalue weighted by molar-refractivity contribution is 0.0224. The molecule has 0 bridgehead atoms. The third-order valence-electron chi connectivity index (χ3n) is 5.94. The van der Waals surface area contributed by atoms with E-state index in [0.29, 0.717) is 11.5 Å². The molecular formula is C26H25NO3. The first-order valence-electron chi connectivity index (χ1n) is 10.5. The number of carbonyl (C=O) groups is 1. The number of rotatable bonds is 4. The van der Waals surface area contributed by atoms with Crippen LogP contribution >= 0.6 is 0 Å². The molecule has 3 aromatic rings. The summed E-state index contributed by atoms with van der Waals surface area (Å²) in [5.41, 5.74) is 3.33. The van der Waals surface area contributed by atoms with Crippen molar-refractivity contribution in [1.29, 1.82) is 0 Å². The predicted molar refractivity (Wildman–Crippen MR) is 117 cm³/mol. The van der Waals surface area contributed by atoms with Crippen LogP contribution in [0.25, 0.3) is 0 Å². The number of nitrogens with zero attached hydrogens (tertiary/aromatic N) is 1. The number of fused-ring (bicyclic) bond motifs is 6. The van der Waals surface area contributed by atoms with Gasteiger partial charge in [0.05, 0.1) is 5.56 Å². The summed E-state index contributed by atoms with van der Waals surface area (Å²) >= 11 is 0. The van der Waals surface area contributed by atoms with Crippen LogP contribution in [-0.4, -0.2) is 19.1 Å². The predicted octanol–water partition coefficient (Wildman–Crippen LogP) is 5.74. The Kier molecular flexibility index (Phi) is 4.31. The molecule has 3 aromatic carbocycles. The Labute approximate surface area is 177 Å². The molecule has 4 nitrogen and oxygen atoms in total. The fraction of sp³-hybridized carbons (Fsp3) is 0.269. The summed E-state index contributed by atoms with van der Waals surface area (Å²) in [5, 5.41) is 0. The smallest absolute Gasteiger partial charge is 0.340 e. The molecule has 0 radical (unpaired) electrons. The molecule has 1 spiro atoms. The number of carbonyl (C=O) groups excluding carboxylic acids is 1. The van der Waals surface area contributed by atoms with Crippen molar-refractivity contribution in [1.82, 2.24) is 0 Å². The van der Waals surface area contributed by atoms with Crippen molar-refractivity contribution in [2.75, 3.05) is 18.0 Å². The lowest BCUT2D eigenvalue weighted by atomic mass is 9.77. The summed E-state index contributed by atoms with van der Waals surface area (Å²) < 4.78 is 12.5. The number of para-hydroxylation sites is 1. The zero-order valence-electron chi connectivity index (χ0n) is 17.5. The van der Waals surface area contributed by atoms with Gasteiger partial charge in [0.25, 0.3) is 0 Å². The van der Waals surface area contributed by atoms with Crippen LogP contribution in [0.5, 0.6) is 11.5 Å². The highest BCUT2D eigenvalue weighted by molar-refractivity contribution is 5.97. The van der Waals surface area contributed by atoms with Crippen LogP contribution in [0.3, 0.4) is 0 Å². The zero-order valence-corrected chi connectivity index (χ0v) is 17.5. The third kappa shape index (κ3) is 2.63. The molecule has 2 aliphatic rings. The number of hydrogen-bond donors (Lipinski definition) is 0. The zero-order chi connectivity index (χ0) is 20.9. The Balaban J connectivity index is 1.73. The normalized spacial score (nSPS) is 18.5. The quantitative estimate of drug-likeness (QED) is 0.525. The summed E-state index contributed by atoms with van der Waals surface area (Å²) in [5.74, 6) is 1.71. The standard InChI is InChI=1S/C26H25NO3/c1-4-27(16-17(2)3)18-13-14-22-24(15-18)29-23-12-8-7-11-21(23)26(22)20-10-6-5-9-19(20)25(28)30-26/h5-15,17H,4,16H2,1-3H3. The summed E-state index contributed by atoms with van der Waals surface area (Å²) in [7, 11) is 0. The molecule has 1 atom stereocenters. The van der Waals surface area contributed by atoms with Crippen LogP contribution in [0.15, 0.2) is 66.7 Å². The topological polar surface area (TPSA) is 38.8 Å². The van der Waals surface area contributed by atoms with Gasteiger partial charge in [0.2, 0.25) is 0 Å². The fourth-order valence-electron chi connectivity index (χ4n) is 4.67. The molecule has 0 N–H and O–H groups in total. The second-order valence-corrected chi connectivity index (χ2v) is 8.33. The molecule has 1 unspecified atom stereocenters. The van der Waals surface area contributed by atoms with Gasteiger partial charge >= 0.3 is 5.97 Å². The van der Waals surface area contributed by atoms with Gasteiger partial charge in [-0.25, -0.2) is 4.79 Å². The van der Waals surface area contributed by atoms with E-state index in [0.717, 1.165) is 47.0 Å². The van der Waals surface area contributed by atoms with E-state index in [1.165, 1.54) is 0 Å². The van der Waals surface area contributed by atoms with Crippen molar-refractivity contribution in [2.45, 2.75) is 26.4 Å². The second-order valence-electron chi connectivity index (χ2n) is 8.33. The number of benzene rings is 3. The molecule has 0 amide bonds. The first-order chi connectivity index (χ1) is 14.5. The summed E-state index contributed by atoms with van der Waals surface area (Å²) in [6.07, 6.45) is 0. The van der Waals surface area contributed by atoms with Crippen LogP contribution < -0.4 is 9.64 Å². The van der Waals surface area contributed by atoms with Crippen molar-refractivity contribution in [2.24, 2.45) is 5.92 Å². The average Bonchev–Trinajstić information content (AvgIpc) is 3.05. The van der Waals surface area contributed by atoms with Gasteiger partial charge in [-0.05, 0) is 37.1 Å². The van der Waals surface area contributed by atoms with E-state index in [1.807, 2.05) is 48.5 Å². The molecule has 0 saturated heterocycles. The molecule has 0 saturated carbocycles.